The third kappa shape index (κ3) is 4.48. The Morgan fingerprint density at radius 1 is 1.32 bits per heavy atom. The number of rotatable bonds is 6. The lowest BCUT2D eigenvalue weighted by Gasteiger charge is -2.12. The predicted octanol–water partition coefficient (Wildman–Crippen LogP) is 1.90. The zero-order valence-electron chi connectivity index (χ0n) is 13.0. The SMILES string of the molecule is CC(C)CC1CC(C(=O)NCCc2c(F)cccc2F)NN1. The summed E-state index contributed by atoms with van der Waals surface area (Å²) >= 11 is 0. The molecule has 0 aliphatic carbocycles. The van der Waals surface area contributed by atoms with Crippen LogP contribution in [-0.2, 0) is 11.2 Å². The van der Waals surface area contributed by atoms with Crippen molar-refractivity contribution in [3.8, 4) is 0 Å². The quantitative estimate of drug-likeness (QED) is 0.752. The third-order valence-electron chi connectivity index (χ3n) is 3.79. The highest BCUT2D eigenvalue weighted by atomic mass is 19.1. The number of amides is 1. The number of halogens is 2. The van der Waals surface area contributed by atoms with Crippen LogP contribution in [0.25, 0.3) is 0 Å². The summed E-state index contributed by atoms with van der Waals surface area (Å²) in [4.78, 5) is 12.0. The molecule has 1 fully saturated rings. The molecular formula is C16H23F2N3O. The summed E-state index contributed by atoms with van der Waals surface area (Å²) < 4.78 is 26.9. The lowest BCUT2D eigenvalue weighted by molar-refractivity contribution is -0.122. The van der Waals surface area contributed by atoms with E-state index in [1.165, 1.54) is 18.2 Å². The van der Waals surface area contributed by atoms with Crippen molar-refractivity contribution in [2.45, 2.75) is 45.2 Å². The maximum atomic E-state index is 13.5. The fourth-order valence-corrected chi connectivity index (χ4v) is 2.72. The first-order valence-corrected chi connectivity index (χ1v) is 7.69. The lowest BCUT2D eigenvalue weighted by Crippen LogP contribution is -2.44. The van der Waals surface area contributed by atoms with E-state index in [2.05, 4.69) is 30.0 Å². The maximum Gasteiger partial charge on any atom is 0.238 e. The minimum Gasteiger partial charge on any atom is -0.354 e. The molecule has 2 unspecified atom stereocenters. The van der Waals surface area contributed by atoms with Crippen molar-refractivity contribution in [3.05, 3.63) is 35.4 Å². The molecule has 1 aliphatic heterocycles. The Balaban J connectivity index is 1.77. The summed E-state index contributed by atoms with van der Waals surface area (Å²) in [6, 6.07) is 3.75. The molecule has 1 aromatic carbocycles. The van der Waals surface area contributed by atoms with Gasteiger partial charge in [-0.25, -0.2) is 14.2 Å². The van der Waals surface area contributed by atoms with E-state index in [0.717, 1.165) is 12.8 Å². The number of hydrogen-bond acceptors (Lipinski definition) is 3. The summed E-state index contributed by atoms with van der Waals surface area (Å²) in [5.41, 5.74) is 6.10. The normalized spacial score (nSPS) is 21.3. The summed E-state index contributed by atoms with van der Waals surface area (Å²) in [6.07, 6.45) is 1.86. The van der Waals surface area contributed by atoms with Gasteiger partial charge in [-0.3, -0.25) is 10.2 Å². The highest BCUT2D eigenvalue weighted by molar-refractivity contribution is 5.82. The van der Waals surface area contributed by atoms with Crippen LogP contribution in [0, 0.1) is 17.6 Å². The summed E-state index contributed by atoms with van der Waals surface area (Å²) in [5, 5.41) is 2.73. The van der Waals surface area contributed by atoms with Crippen LogP contribution in [0.5, 0.6) is 0 Å². The molecule has 2 rings (SSSR count). The number of carbonyl (C=O) groups excluding carboxylic acids is 1. The summed E-state index contributed by atoms with van der Waals surface area (Å²) in [7, 11) is 0. The van der Waals surface area contributed by atoms with Crippen LogP contribution in [0.3, 0.4) is 0 Å². The molecule has 122 valence electrons. The van der Waals surface area contributed by atoms with Crippen molar-refractivity contribution in [1.29, 1.82) is 0 Å². The number of hydrazine groups is 1. The van der Waals surface area contributed by atoms with Gasteiger partial charge in [-0.15, -0.1) is 0 Å². The van der Waals surface area contributed by atoms with E-state index in [1.807, 2.05) is 0 Å². The highest BCUT2D eigenvalue weighted by Crippen LogP contribution is 2.14. The van der Waals surface area contributed by atoms with E-state index < -0.39 is 11.6 Å². The van der Waals surface area contributed by atoms with E-state index in [9.17, 15) is 13.6 Å². The van der Waals surface area contributed by atoms with E-state index in [1.54, 1.807) is 0 Å². The molecule has 1 aromatic rings. The van der Waals surface area contributed by atoms with Gasteiger partial charge in [-0.05, 0) is 37.3 Å². The zero-order valence-corrected chi connectivity index (χ0v) is 13.0. The molecular weight excluding hydrogens is 288 g/mol. The van der Waals surface area contributed by atoms with E-state index in [0.29, 0.717) is 5.92 Å². The van der Waals surface area contributed by atoms with E-state index in [-0.39, 0.29) is 36.5 Å². The van der Waals surface area contributed by atoms with Crippen LogP contribution in [0.15, 0.2) is 18.2 Å². The van der Waals surface area contributed by atoms with Crippen LogP contribution in [0.2, 0.25) is 0 Å². The van der Waals surface area contributed by atoms with E-state index in [4.69, 9.17) is 0 Å². The van der Waals surface area contributed by atoms with Crippen molar-refractivity contribution in [3.63, 3.8) is 0 Å². The highest BCUT2D eigenvalue weighted by Gasteiger charge is 2.29. The van der Waals surface area contributed by atoms with Crippen LogP contribution in [-0.4, -0.2) is 24.5 Å². The lowest BCUT2D eigenvalue weighted by atomic mass is 10.00. The van der Waals surface area contributed by atoms with Gasteiger partial charge in [-0.2, -0.15) is 0 Å². The molecule has 0 radical (unpaired) electrons. The Morgan fingerprint density at radius 2 is 2.00 bits per heavy atom. The standard InChI is InChI=1S/C16H23F2N3O/c1-10(2)8-11-9-15(21-20-11)16(22)19-7-6-12-13(17)4-3-5-14(12)18/h3-5,10-11,15,20-21H,6-9H2,1-2H3,(H,19,22). The minimum absolute atomic E-state index is 0.0120. The molecule has 1 aliphatic rings. The Hall–Kier alpha value is -1.53. The first-order valence-electron chi connectivity index (χ1n) is 7.69. The van der Waals surface area contributed by atoms with Gasteiger partial charge in [0.25, 0.3) is 0 Å². The van der Waals surface area contributed by atoms with Gasteiger partial charge in [0.1, 0.15) is 17.7 Å². The summed E-state index contributed by atoms with van der Waals surface area (Å²) in [6.45, 7) is 4.49. The molecule has 22 heavy (non-hydrogen) atoms. The molecule has 4 nitrogen and oxygen atoms in total. The molecule has 6 heteroatoms. The zero-order chi connectivity index (χ0) is 16.1. The van der Waals surface area contributed by atoms with E-state index >= 15 is 0 Å². The second-order valence-electron chi connectivity index (χ2n) is 6.14. The molecule has 2 atom stereocenters. The van der Waals surface area contributed by atoms with Crippen molar-refractivity contribution in [2.75, 3.05) is 6.54 Å². The average Bonchev–Trinajstić information content (AvgIpc) is 2.89. The Morgan fingerprint density at radius 3 is 2.64 bits per heavy atom. The van der Waals surface area contributed by atoms with Crippen LogP contribution < -0.4 is 16.2 Å². The van der Waals surface area contributed by atoms with Gasteiger partial charge in [0.15, 0.2) is 0 Å². The maximum absolute atomic E-state index is 13.5. The minimum atomic E-state index is -0.577. The number of benzene rings is 1. The van der Waals surface area contributed by atoms with Gasteiger partial charge < -0.3 is 5.32 Å². The van der Waals surface area contributed by atoms with Crippen LogP contribution >= 0.6 is 0 Å². The average molecular weight is 311 g/mol. The smallest absolute Gasteiger partial charge is 0.238 e. The Labute approximate surface area is 129 Å². The number of carbonyl (C=O) groups is 1. The van der Waals surface area contributed by atoms with Crippen molar-refractivity contribution in [1.82, 2.24) is 16.2 Å². The van der Waals surface area contributed by atoms with Gasteiger partial charge in [0, 0.05) is 18.2 Å². The predicted molar refractivity (Wildman–Crippen MR) is 81.0 cm³/mol. The molecule has 0 saturated carbocycles. The van der Waals surface area contributed by atoms with Gasteiger partial charge >= 0.3 is 0 Å². The molecule has 0 spiro atoms. The number of nitrogens with one attached hydrogen (secondary N) is 3. The first-order chi connectivity index (χ1) is 10.5. The topological polar surface area (TPSA) is 53.2 Å². The summed E-state index contributed by atoms with van der Waals surface area (Å²) in [5.74, 6) is -0.737. The van der Waals surface area contributed by atoms with Gasteiger partial charge in [0.05, 0.1) is 0 Å². The van der Waals surface area contributed by atoms with Crippen molar-refractivity contribution < 1.29 is 13.6 Å². The van der Waals surface area contributed by atoms with Gasteiger partial charge in [-0.1, -0.05) is 19.9 Å². The van der Waals surface area contributed by atoms with Crippen LogP contribution in [0.4, 0.5) is 8.78 Å². The third-order valence-corrected chi connectivity index (χ3v) is 3.79. The monoisotopic (exact) mass is 311 g/mol. The first kappa shape index (κ1) is 16.8. The molecule has 1 amide bonds. The van der Waals surface area contributed by atoms with Crippen molar-refractivity contribution in [2.24, 2.45) is 5.92 Å². The molecule has 1 heterocycles. The van der Waals surface area contributed by atoms with Crippen LogP contribution in [0.1, 0.15) is 32.3 Å². The second kappa shape index (κ2) is 7.65. The molecule has 1 saturated heterocycles. The molecule has 0 aromatic heterocycles. The Bertz CT molecular complexity index is 502. The number of hydrogen-bond donors (Lipinski definition) is 3. The van der Waals surface area contributed by atoms with Gasteiger partial charge in [0.2, 0.25) is 5.91 Å². The fourth-order valence-electron chi connectivity index (χ4n) is 2.72. The largest absolute Gasteiger partial charge is 0.354 e. The molecule has 3 N–H and O–H groups in total. The molecule has 0 bridgehead atoms. The second-order valence-corrected chi connectivity index (χ2v) is 6.14. The Kier molecular flexibility index (Phi) is 5.85. The van der Waals surface area contributed by atoms with Crippen molar-refractivity contribution >= 4 is 5.91 Å². The fraction of sp³-hybridized carbons (Fsp3) is 0.562.